The van der Waals surface area contributed by atoms with Crippen LogP contribution in [0.5, 0.6) is 0 Å². The molecular formula is C12H18N2O. The number of nitrogens with one attached hydrogen (secondary N) is 2. The van der Waals surface area contributed by atoms with Crippen molar-refractivity contribution in [3.8, 4) is 0 Å². The van der Waals surface area contributed by atoms with E-state index in [1.54, 1.807) is 7.05 Å². The van der Waals surface area contributed by atoms with Gasteiger partial charge in [0.25, 0.3) is 5.91 Å². The molecule has 0 atom stereocenters. The molecule has 0 unspecified atom stereocenters. The van der Waals surface area contributed by atoms with Gasteiger partial charge in [-0.2, -0.15) is 0 Å². The summed E-state index contributed by atoms with van der Waals surface area (Å²) in [7, 11) is 1.64. The first-order chi connectivity index (χ1) is 7.27. The number of anilines is 1. The molecule has 0 aromatic heterocycles. The van der Waals surface area contributed by atoms with Gasteiger partial charge in [0.2, 0.25) is 0 Å². The van der Waals surface area contributed by atoms with Crippen LogP contribution in [0.4, 0.5) is 5.69 Å². The molecule has 82 valence electrons. The molecule has 2 N–H and O–H groups in total. The minimum Gasteiger partial charge on any atom is -0.385 e. The van der Waals surface area contributed by atoms with Crippen LogP contribution in [0.3, 0.4) is 0 Å². The van der Waals surface area contributed by atoms with E-state index in [2.05, 4.69) is 17.6 Å². The summed E-state index contributed by atoms with van der Waals surface area (Å²) in [6.45, 7) is 3.11. The third kappa shape index (κ3) is 3.62. The molecule has 0 spiro atoms. The quantitative estimate of drug-likeness (QED) is 0.725. The van der Waals surface area contributed by atoms with E-state index in [-0.39, 0.29) is 5.91 Å². The first-order valence-corrected chi connectivity index (χ1v) is 5.34. The smallest absolute Gasteiger partial charge is 0.251 e. The third-order valence-corrected chi connectivity index (χ3v) is 2.21. The van der Waals surface area contributed by atoms with Gasteiger partial charge in [0.1, 0.15) is 0 Å². The summed E-state index contributed by atoms with van der Waals surface area (Å²) in [5.74, 6) is -0.0471. The first kappa shape index (κ1) is 11.6. The predicted octanol–water partition coefficient (Wildman–Crippen LogP) is 2.26. The first-order valence-electron chi connectivity index (χ1n) is 5.34. The summed E-state index contributed by atoms with van der Waals surface area (Å²) < 4.78 is 0. The highest BCUT2D eigenvalue weighted by Gasteiger charge is 2.02. The van der Waals surface area contributed by atoms with Crippen molar-refractivity contribution in [2.75, 3.05) is 18.9 Å². The molecule has 0 heterocycles. The maximum atomic E-state index is 11.4. The molecule has 3 nitrogen and oxygen atoms in total. The van der Waals surface area contributed by atoms with Crippen LogP contribution in [0.2, 0.25) is 0 Å². The molecular weight excluding hydrogens is 188 g/mol. The second-order valence-electron chi connectivity index (χ2n) is 3.44. The molecule has 1 aromatic carbocycles. The highest BCUT2D eigenvalue weighted by atomic mass is 16.1. The largest absolute Gasteiger partial charge is 0.385 e. The molecule has 0 aliphatic heterocycles. The van der Waals surface area contributed by atoms with E-state index in [4.69, 9.17) is 0 Å². The second-order valence-corrected chi connectivity index (χ2v) is 3.44. The Morgan fingerprint density at radius 3 is 2.87 bits per heavy atom. The van der Waals surface area contributed by atoms with Crippen LogP contribution in [-0.2, 0) is 0 Å². The number of hydrogen-bond acceptors (Lipinski definition) is 2. The number of carbonyl (C=O) groups excluding carboxylic acids is 1. The topological polar surface area (TPSA) is 41.1 Å². The fourth-order valence-electron chi connectivity index (χ4n) is 1.32. The minimum absolute atomic E-state index is 0.0471. The average molecular weight is 206 g/mol. The fraction of sp³-hybridized carbons (Fsp3) is 0.417. The van der Waals surface area contributed by atoms with Gasteiger partial charge < -0.3 is 10.6 Å². The van der Waals surface area contributed by atoms with Crippen molar-refractivity contribution < 1.29 is 4.79 Å². The van der Waals surface area contributed by atoms with E-state index in [0.717, 1.165) is 18.7 Å². The van der Waals surface area contributed by atoms with Crippen LogP contribution in [0.1, 0.15) is 30.1 Å². The summed E-state index contributed by atoms with van der Waals surface area (Å²) in [6, 6.07) is 7.54. The third-order valence-electron chi connectivity index (χ3n) is 2.21. The number of benzene rings is 1. The van der Waals surface area contributed by atoms with Gasteiger partial charge >= 0.3 is 0 Å². The van der Waals surface area contributed by atoms with E-state index in [9.17, 15) is 4.79 Å². The van der Waals surface area contributed by atoms with Gasteiger partial charge in [-0.25, -0.2) is 0 Å². The van der Waals surface area contributed by atoms with E-state index >= 15 is 0 Å². The van der Waals surface area contributed by atoms with Crippen molar-refractivity contribution in [3.63, 3.8) is 0 Å². The number of rotatable bonds is 5. The van der Waals surface area contributed by atoms with Crippen LogP contribution in [0, 0.1) is 0 Å². The van der Waals surface area contributed by atoms with Crippen LogP contribution in [0.15, 0.2) is 24.3 Å². The fourth-order valence-corrected chi connectivity index (χ4v) is 1.32. The molecule has 1 amide bonds. The van der Waals surface area contributed by atoms with Crippen molar-refractivity contribution in [1.82, 2.24) is 5.32 Å². The Morgan fingerprint density at radius 2 is 2.20 bits per heavy atom. The zero-order valence-corrected chi connectivity index (χ0v) is 9.34. The molecule has 0 radical (unpaired) electrons. The van der Waals surface area contributed by atoms with Crippen LogP contribution in [0.25, 0.3) is 0 Å². The molecule has 0 fully saturated rings. The summed E-state index contributed by atoms with van der Waals surface area (Å²) in [5, 5.41) is 5.89. The van der Waals surface area contributed by atoms with Crippen molar-refractivity contribution in [1.29, 1.82) is 0 Å². The molecule has 3 heteroatoms. The number of amides is 1. The highest BCUT2D eigenvalue weighted by molar-refractivity contribution is 5.94. The molecule has 0 bridgehead atoms. The van der Waals surface area contributed by atoms with Crippen LogP contribution < -0.4 is 10.6 Å². The SMILES string of the molecule is CCCCNc1cccc(C(=O)NC)c1. The van der Waals surface area contributed by atoms with E-state index in [1.807, 2.05) is 24.3 Å². The van der Waals surface area contributed by atoms with Gasteiger partial charge in [-0.15, -0.1) is 0 Å². The lowest BCUT2D eigenvalue weighted by Crippen LogP contribution is -2.17. The van der Waals surface area contributed by atoms with E-state index in [0.29, 0.717) is 5.56 Å². The van der Waals surface area contributed by atoms with Gasteiger partial charge in [-0.1, -0.05) is 19.4 Å². The lowest BCUT2D eigenvalue weighted by atomic mass is 10.2. The van der Waals surface area contributed by atoms with E-state index in [1.165, 1.54) is 6.42 Å². The number of hydrogen-bond donors (Lipinski definition) is 2. The second kappa shape index (κ2) is 6.06. The molecule has 15 heavy (non-hydrogen) atoms. The van der Waals surface area contributed by atoms with Gasteiger partial charge in [0, 0.05) is 24.8 Å². The monoisotopic (exact) mass is 206 g/mol. The van der Waals surface area contributed by atoms with Crippen LogP contribution >= 0.6 is 0 Å². The average Bonchev–Trinajstić information content (AvgIpc) is 2.29. The van der Waals surface area contributed by atoms with Gasteiger partial charge in [0.15, 0.2) is 0 Å². The summed E-state index contributed by atoms with van der Waals surface area (Å²) in [5.41, 5.74) is 1.70. The molecule has 0 aliphatic carbocycles. The van der Waals surface area contributed by atoms with Gasteiger partial charge in [-0.3, -0.25) is 4.79 Å². The molecule has 0 saturated carbocycles. The highest BCUT2D eigenvalue weighted by Crippen LogP contribution is 2.10. The Kier molecular flexibility index (Phi) is 4.68. The maximum absolute atomic E-state index is 11.4. The van der Waals surface area contributed by atoms with Gasteiger partial charge in [0.05, 0.1) is 0 Å². The summed E-state index contributed by atoms with van der Waals surface area (Å²) in [6.07, 6.45) is 2.31. The van der Waals surface area contributed by atoms with Crippen molar-refractivity contribution in [3.05, 3.63) is 29.8 Å². The molecule has 0 saturated heterocycles. The molecule has 0 aliphatic rings. The van der Waals surface area contributed by atoms with Crippen molar-refractivity contribution in [2.24, 2.45) is 0 Å². The zero-order valence-electron chi connectivity index (χ0n) is 9.34. The van der Waals surface area contributed by atoms with Crippen LogP contribution in [-0.4, -0.2) is 19.5 Å². The molecule has 1 aromatic rings. The Morgan fingerprint density at radius 1 is 1.40 bits per heavy atom. The Hall–Kier alpha value is -1.51. The van der Waals surface area contributed by atoms with Gasteiger partial charge in [-0.05, 0) is 24.6 Å². The lowest BCUT2D eigenvalue weighted by Gasteiger charge is -2.06. The Labute approximate surface area is 90.9 Å². The summed E-state index contributed by atoms with van der Waals surface area (Å²) >= 11 is 0. The Bertz CT molecular complexity index is 323. The molecule has 1 rings (SSSR count). The Balaban J connectivity index is 2.62. The number of unbranched alkanes of at least 4 members (excludes halogenated alkanes) is 1. The van der Waals surface area contributed by atoms with Crippen molar-refractivity contribution >= 4 is 11.6 Å². The normalized spacial score (nSPS) is 9.73. The summed E-state index contributed by atoms with van der Waals surface area (Å²) in [4.78, 5) is 11.4. The predicted molar refractivity (Wildman–Crippen MR) is 63.2 cm³/mol. The standard InChI is InChI=1S/C12H18N2O/c1-3-4-8-14-11-7-5-6-10(9-11)12(15)13-2/h5-7,9,14H,3-4,8H2,1-2H3,(H,13,15). The maximum Gasteiger partial charge on any atom is 0.251 e. The lowest BCUT2D eigenvalue weighted by molar-refractivity contribution is 0.0963. The minimum atomic E-state index is -0.0471. The van der Waals surface area contributed by atoms with E-state index < -0.39 is 0 Å². The number of carbonyl (C=O) groups is 1. The van der Waals surface area contributed by atoms with Crippen molar-refractivity contribution in [2.45, 2.75) is 19.8 Å². The zero-order chi connectivity index (χ0) is 11.1.